The highest BCUT2D eigenvalue weighted by atomic mass is 32.2. The van der Waals surface area contributed by atoms with Gasteiger partial charge in [-0.2, -0.15) is 4.31 Å². The Morgan fingerprint density at radius 2 is 1.51 bits per heavy atom. The molecule has 0 aromatic heterocycles. The van der Waals surface area contributed by atoms with Crippen molar-refractivity contribution in [3.05, 3.63) is 53.3 Å². The molecule has 3 atom stereocenters. The molecule has 0 spiro atoms. The van der Waals surface area contributed by atoms with E-state index in [4.69, 9.17) is 13.3 Å². The zero-order valence-corrected chi connectivity index (χ0v) is 25.3. The van der Waals surface area contributed by atoms with Crippen LogP contribution in [-0.2, 0) is 23.3 Å². The maximum absolute atomic E-state index is 13.6. The number of hydrogen-bond donors (Lipinski definition) is 0. The predicted molar refractivity (Wildman–Crippen MR) is 146 cm³/mol. The lowest BCUT2D eigenvalue weighted by Crippen LogP contribution is -2.53. The summed E-state index contributed by atoms with van der Waals surface area (Å²) in [6, 6.07) is 7.11. The highest BCUT2D eigenvalue weighted by Crippen LogP contribution is 2.50. The van der Waals surface area contributed by atoms with Crippen molar-refractivity contribution >= 4 is 26.9 Å². The average Bonchev–Trinajstić information content (AvgIpc) is 3.17. The van der Waals surface area contributed by atoms with E-state index < -0.39 is 26.9 Å². The Morgan fingerprint density at radius 3 is 2.00 bits per heavy atom. The molecule has 0 radical (unpaired) electrons. The van der Waals surface area contributed by atoms with Crippen LogP contribution in [0.15, 0.2) is 52.6 Å². The van der Waals surface area contributed by atoms with Crippen LogP contribution < -0.4 is 0 Å². The second-order valence-corrected chi connectivity index (χ2v) is 20.4. The fourth-order valence-electron chi connectivity index (χ4n) is 5.31. The SMILES string of the molecule is C=C1CC([Si](C)(C)C)=C[C@@H]([Si](OCC)(OCC)OCC)[C@H]2CN(S(=O)(=O)c3ccc(C)cc3)C[C@@H]12. The molecule has 9 heteroatoms. The molecule has 0 N–H and O–H groups in total. The van der Waals surface area contributed by atoms with E-state index in [-0.39, 0.29) is 17.4 Å². The van der Waals surface area contributed by atoms with Crippen LogP contribution in [0.3, 0.4) is 0 Å². The molecule has 0 amide bonds. The minimum atomic E-state index is -3.62. The molecule has 1 aromatic carbocycles. The molecule has 2 aliphatic rings. The summed E-state index contributed by atoms with van der Waals surface area (Å²) in [5.41, 5.74) is 2.03. The summed E-state index contributed by atoms with van der Waals surface area (Å²) in [4.78, 5) is 0.336. The van der Waals surface area contributed by atoms with E-state index >= 15 is 0 Å². The van der Waals surface area contributed by atoms with Gasteiger partial charge in [-0.3, -0.25) is 0 Å². The number of hydrogen-bond acceptors (Lipinski definition) is 5. The lowest BCUT2D eigenvalue weighted by Gasteiger charge is -2.38. The number of allylic oxidation sites excluding steroid dienone is 2. The Morgan fingerprint density at radius 1 is 0.971 bits per heavy atom. The van der Waals surface area contributed by atoms with Crippen LogP contribution in [0.4, 0.5) is 0 Å². The maximum atomic E-state index is 13.6. The first kappa shape index (κ1) is 28.5. The van der Waals surface area contributed by atoms with E-state index in [0.29, 0.717) is 37.8 Å². The van der Waals surface area contributed by atoms with Gasteiger partial charge in [0, 0.05) is 32.9 Å². The van der Waals surface area contributed by atoms with Gasteiger partial charge < -0.3 is 13.3 Å². The molecule has 1 fully saturated rings. The predicted octanol–water partition coefficient (Wildman–Crippen LogP) is 5.41. The third-order valence-corrected chi connectivity index (χ3v) is 14.8. The fourth-order valence-corrected chi connectivity index (χ4v) is 11.7. The van der Waals surface area contributed by atoms with E-state index in [0.717, 1.165) is 17.6 Å². The Balaban J connectivity index is 2.11. The van der Waals surface area contributed by atoms with Gasteiger partial charge in [0.25, 0.3) is 0 Å². The summed E-state index contributed by atoms with van der Waals surface area (Å²) in [5, 5.41) is 1.42. The molecule has 1 aromatic rings. The van der Waals surface area contributed by atoms with Gasteiger partial charge in [-0.15, -0.1) is 0 Å². The number of benzene rings is 1. The van der Waals surface area contributed by atoms with Crippen molar-refractivity contribution in [1.29, 1.82) is 0 Å². The molecule has 1 heterocycles. The Kier molecular flexibility index (Phi) is 9.06. The first-order valence-corrected chi connectivity index (χ1v) is 19.5. The smallest absolute Gasteiger partial charge is 0.373 e. The Labute approximate surface area is 214 Å². The standard InChI is InChI=1S/C26H43NO5SSi2/c1-9-30-35(31-10-2,32-11-3)26-17-23(34(6,7)8)16-21(5)24-18-27(19-25(24)26)33(28,29)22-14-12-20(4)13-15-22/h12-15,17,24-26H,5,9-11,16,18-19H2,1-4,6-8H3/t24-,25-,26+/m0/s1. The third kappa shape index (κ3) is 5.92. The summed E-state index contributed by atoms with van der Waals surface area (Å²) in [5.74, 6) is 0.0199. The van der Waals surface area contributed by atoms with Gasteiger partial charge in [-0.1, -0.05) is 60.8 Å². The largest absolute Gasteiger partial charge is 0.508 e. The monoisotopic (exact) mass is 537 g/mol. The van der Waals surface area contributed by atoms with Crippen molar-refractivity contribution in [2.24, 2.45) is 11.8 Å². The van der Waals surface area contributed by atoms with Crippen LogP contribution in [0.2, 0.25) is 25.2 Å². The number of nitrogens with zero attached hydrogens (tertiary/aromatic N) is 1. The zero-order chi connectivity index (χ0) is 26.0. The Hall–Kier alpha value is -1.08. The lowest BCUT2D eigenvalue weighted by molar-refractivity contribution is 0.0583. The first-order valence-electron chi connectivity index (χ1n) is 12.8. The van der Waals surface area contributed by atoms with Crippen molar-refractivity contribution in [2.75, 3.05) is 32.9 Å². The van der Waals surface area contributed by atoms with Crippen LogP contribution in [0, 0.1) is 18.8 Å². The van der Waals surface area contributed by atoms with Crippen molar-refractivity contribution in [2.45, 2.75) is 64.2 Å². The van der Waals surface area contributed by atoms with E-state index in [2.05, 4.69) is 32.3 Å². The number of rotatable bonds is 10. The molecular weight excluding hydrogens is 495 g/mol. The highest BCUT2D eigenvalue weighted by molar-refractivity contribution is 7.89. The van der Waals surface area contributed by atoms with E-state index in [9.17, 15) is 8.42 Å². The van der Waals surface area contributed by atoms with Crippen molar-refractivity contribution in [1.82, 2.24) is 4.31 Å². The molecule has 6 nitrogen and oxygen atoms in total. The molecule has 196 valence electrons. The molecule has 1 saturated heterocycles. The van der Waals surface area contributed by atoms with E-state index in [1.165, 1.54) is 5.20 Å². The normalized spacial score (nSPS) is 24.3. The van der Waals surface area contributed by atoms with Gasteiger partial charge >= 0.3 is 8.80 Å². The van der Waals surface area contributed by atoms with Crippen LogP contribution in [0.25, 0.3) is 0 Å². The lowest BCUT2D eigenvalue weighted by atomic mass is 9.88. The topological polar surface area (TPSA) is 65.1 Å². The third-order valence-electron chi connectivity index (χ3n) is 7.18. The second-order valence-electron chi connectivity index (χ2n) is 10.6. The zero-order valence-electron chi connectivity index (χ0n) is 22.5. The average molecular weight is 538 g/mol. The molecule has 35 heavy (non-hydrogen) atoms. The van der Waals surface area contributed by atoms with Gasteiger partial charge in [0.1, 0.15) is 0 Å². The molecular formula is C26H43NO5SSi2. The summed E-state index contributed by atoms with van der Waals surface area (Å²) >= 11 is 0. The van der Waals surface area contributed by atoms with Gasteiger partial charge in [0.2, 0.25) is 10.0 Å². The Bertz CT molecular complexity index is 1020. The van der Waals surface area contributed by atoms with Crippen LogP contribution in [-0.4, -0.2) is 62.5 Å². The van der Waals surface area contributed by atoms with Crippen molar-refractivity contribution in [3.63, 3.8) is 0 Å². The molecule has 1 aliphatic heterocycles. The molecule has 0 bridgehead atoms. The van der Waals surface area contributed by atoms with Gasteiger partial charge in [0.15, 0.2) is 0 Å². The van der Waals surface area contributed by atoms with E-state index in [1.807, 2.05) is 39.8 Å². The molecule has 0 unspecified atom stereocenters. The number of aryl methyl sites for hydroxylation is 1. The van der Waals surface area contributed by atoms with Gasteiger partial charge in [0.05, 0.1) is 18.5 Å². The molecule has 3 rings (SSSR count). The van der Waals surface area contributed by atoms with Crippen LogP contribution in [0.1, 0.15) is 32.8 Å². The van der Waals surface area contributed by atoms with Crippen LogP contribution in [0.5, 0.6) is 0 Å². The minimum absolute atomic E-state index is 0.00658. The number of fused-ring (bicyclic) bond motifs is 1. The second kappa shape index (κ2) is 11.1. The van der Waals surface area contributed by atoms with Gasteiger partial charge in [-0.25, -0.2) is 8.42 Å². The van der Waals surface area contributed by atoms with Crippen LogP contribution >= 0.6 is 0 Å². The van der Waals surface area contributed by atoms with Crippen molar-refractivity contribution < 1.29 is 21.7 Å². The summed E-state index contributed by atoms with van der Waals surface area (Å²) < 4.78 is 48.1. The fraction of sp³-hybridized carbons (Fsp3) is 0.615. The maximum Gasteiger partial charge on any atom is 0.508 e. The first-order chi connectivity index (χ1) is 16.4. The molecule has 0 saturated carbocycles. The van der Waals surface area contributed by atoms with E-state index in [1.54, 1.807) is 16.4 Å². The summed E-state index contributed by atoms with van der Waals surface area (Å²) in [6.07, 6.45) is 3.16. The summed E-state index contributed by atoms with van der Waals surface area (Å²) in [7, 11) is -8.43. The van der Waals surface area contributed by atoms with Gasteiger partial charge in [-0.05, 0) is 58.1 Å². The highest BCUT2D eigenvalue weighted by Gasteiger charge is 2.57. The minimum Gasteiger partial charge on any atom is -0.373 e. The quantitative estimate of drug-likeness (QED) is 0.295. The molecule has 1 aliphatic carbocycles. The summed E-state index contributed by atoms with van der Waals surface area (Å²) in [6.45, 7) is 21.7. The van der Waals surface area contributed by atoms with Crippen molar-refractivity contribution in [3.8, 4) is 0 Å². The number of sulfonamides is 1.